The quantitative estimate of drug-likeness (QED) is 0.732. The van der Waals surface area contributed by atoms with E-state index in [9.17, 15) is 14.4 Å². The van der Waals surface area contributed by atoms with Gasteiger partial charge in [0.1, 0.15) is 6.42 Å². The first-order valence-corrected chi connectivity index (χ1v) is 6.51. The Bertz CT molecular complexity index is 745. The van der Waals surface area contributed by atoms with Gasteiger partial charge in [0, 0.05) is 11.3 Å². The van der Waals surface area contributed by atoms with Crippen molar-refractivity contribution in [1.82, 2.24) is 10.9 Å². The lowest BCUT2D eigenvalue weighted by Crippen LogP contribution is -2.41. The molecule has 0 saturated carbocycles. The Kier molecular flexibility index (Phi) is 5.09. The predicted molar refractivity (Wildman–Crippen MR) is 78.9 cm³/mol. The van der Waals surface area contributed by atoms with Crippen LogP contribution in [-0.2, 0) is 4.79 Å². The van der Waals surface area contributed by atoms with Gasteiger partial charge in [0.2, 0.25) is 5.91 Å². The van der Waals surface area contributed by atoms with Crippen molar-refractivity contribution in [2.45, 2.75) is 6.42 Å². The molecule has 1 heterocycles. The number of carbonyl (C=O) groups is 3. The van der Waals surface area contributed by atoms with Crippen LogP contribution in [-0.4, -0.2) is 17.7 Å². The number of anilines is 1. The fourth-order valence-corrected chi connectivity index (χ4v) is 1.64. The van der Waals surface area contributed by atoms with Gasteiger partial charge < -0.3 is 9.73 Å². The number of hydrazine groups is 1. The fraction of sp³-hybridized carbons (Fsp3) is 0.0667. The van der Waals surface area contributed by atoms with Gasteiger partial charge in [-0.05, 0) is 36.4 Å². The van der Waals surface area contributed by atoms with Crippen molar-refractivity contribution < 1.29 is 18.8 Å². The van der Waals surface area contributed by atoms with Crippen LogP contribution in [0.25, 0.3) is 0 Å². The van der Waals surface area contributed by atoms with Gasteiger partial charge in [0.15, 0.2) is 5.76 Å². The molecule has 116 valence electrons. The minimum atomic E-state index is -0.580. The summed E-state index contributed by atoms with van der Waals surface area (Å²) >= 11 is 0. The molecule has 8 nitrogen and oxygen atoms in total. The number of benzene rings is 1. The van der Waals surface area contributed by atoms with E-state index in [0.717, 1.165) is 0 Å². The van der Waals surface area contributed by atoms with Crippen LogP contribution in [0.3, 0.4) is 0 Å². The summed E-state index contributed by atoms with van der Waals surface area (Å²) in [6.45, 7) is 0. The standard InChI is InChI=1S/C15H12N4O4/c16-8-7-13(20)17-11-5-3-10(4-6-11)14(21)18-19-15(22)12-2-1-9-23-12/h1-6,9H,7H2,(H,17,20)(H,18,21)(H,19,22). The van der Waals surface area contributed by atoms with E-state index in [1.807, 2.05) is 0 Å². The van der Waals surface area contributed by atoms with E-state index in [0.29, 0.717) is 5.69 Å². The lowest BCUT2D eigenvalue weighted by Gasteiger charge is -2.07. The van der Waals surface area contributed by atoms with Gasteiger partial charge in [-0.15, -0.1) is 0 Å². The summed E-state index contributed by atoms with van der Waals surface area (Å²) in [7, 11) is 0. The number of carbonyl (C=O) groups excluding carboxylic acids is 3. The first kappa shape index (κ1) is 15.8. The monoisotopic (exact) mass is 312 g/mol. The lowest BCUT2D eigenvalue weighted by atomic mass is 10.2. The second kappa shape index (κ2) is 7.42. The van der Waals surface area contributed by atoms with E-state index in [4.69, 9.17) is 9.68 Å². The third-order valence-corrected chi connectivity index (χ3v) is 2.70. The SMILES string of the molecule is N#CCC(=O)Nc1ccc(C(=O)NNC(=O)c2ccco2)cc1. The molecular formula is C15H12N4O4. The van der Waals surface area contributed by atoms with Gasteiger partial charge in [-0.2, -0.15) is 5.26 Å². The molecule has 0 aliphatic carbocycles. The maximum atomic E-state index is 11.9. The van der Waals surface area contributed by atoms with Crippen molar-refractivity contribution in [3.63, 3.8) is 0 Å². The Labute approximate surface area is 131 Å². The highest BCUT2D eigenvalue weighted by atomic mass is 16.3. The lowest BCUT2D eigenvalue weighted by molar-refractivity contribution is -0.115. The molecule has 0 aliphatic rings. The topological polar surface area (TPSA) is 124 Å². The number of nitriles is 1. The van der Waals surface area contributed by atoms with Gasteiger partial charge in [-0.1, -0.05) is 0 Å². The summed E-state index contributed by atoms with van der Waals surface area (Å²) in [4.78, 5) is 34.7. The number of nitrogens with one attached hydrogen (secondary N) is 3. The molecule has 0 saturated heterocycles. The number of rotatable bonds is 4. The first-order chi connectivity index (χ1) is 11.1. The van der Waals surface area contributed by atoms with Gasteiger partial charge in [0.25, 0.3) is 5.91 Å². The molecule has 0 spiro atoms. The number of hydrogen-bond donors (Lipinski definition) is 3. The Morgan fingerprint density at radius 3 is 2.35 bits per heavy atom. The molecule has 2 aromatic rings. The van der Waals surface area contributed by atoms with Gasteiger partial charge in [-0.3, -0.25) is 25.2 Å². The highest BCUT2D eigenvalue weighted by Crippen LogP contribution is 2.09. The minimum absolute atomic E-state index is 0.0702. The Hall–Kier alpha value is -3.60. The summed E-state index contributed by atoms with van der Waals surface area (Å²) in [6, 6.07) is 10.7. The second-order valence-corrected chi connectivity index (χ2v) is 4.35. The third-order valence-electron chi connectivity index (χ3n) is 2.70. The highest BCUT2D eigenvalue weighted by molar-refractivity contribution is 5.98. The van der Waals surface area contributed by atoms with Crippen LogP contribution in [0.2, 0.25) is 0 Å². The molecule has 1 aromatic heterocycles. The molecule has 0 aliphatic heterocycles. The van der Waals surface area contributed by atoms with Crippen LogP contribution in [0, 0.1) is 11.3 Å². The molecule has 0 atom stereocenters. The van der Waals surface area contributed by atoms with Crippen molar-refractivity contribution in [2.75, 3.05) is 5.32 Å². The Balaban J connectivity index is 1.89. The second-order valence-electron chi connectivity index (χ2n) is 4.35. The number of hydrogen-bond acceptors (Lipinski definition) is 5. The van der Waals surface area contributed by atoms with E-state index >= 15 is 0 Å². The molecule has 1 aromatic carbocycles. The molecule has 0 bridgehead atoms. The molecule has 0 unspecified atom stereocenters. The van der Waals surface area contributed by atoms with Crippen LogP contribution in [0.1, 0.15) is 27.3 Å². The predicted octanol–water partition coefficient (Wildman–Crippen LogP) is 1.21. The van der Waals surface area contributed by atoms with Crippen LogP contribution in [0.5, 0.6) is 0 Å². The number of nitrogens with zero attached hydrogens (tertiary/aromatic N) is 1. The summed E-state index contributed by atoms with van der Waals surface area (Å²) < 4.78 is 4.88. The van der Waals surface area contributed by atoms with Crippen molar-refractivity contribution in [3.05, 3.63) is 54.0 Å². The summed E-state index contributed by atoms with van der Waals surface area (Å²) in [5.74, 6) is -1.47. The van der Waals surface area contributed by atoms with Crippen molar-refractivity contribution in [3.8, 4) is 6.07 Å². The zero-order valence-electron chi connectivity index (χ0n) is 11.8. The van der Waals surface area contributed by atoms with Crippen LogP contribution in [0.4, 0.5) is 5.69 Å². The highest BCUT2D eigenvalue weighted by Gasteiger charge is 2.11. The van der Waals surface area contributed by atoms with Crippen molar-refractivity contribution >= 4 is 23.4 Å². The number of amides is 3. The van der Waals surface area contributed by atoms with E-state index in [1.54, 1.807) is 12.1 Å². The van der Waals surface area contributed by atoms with Crippen molar-refractivity contribution in [1.29, 1.82) is 5.26 Å². The van der Waals surface area contributed by atoms with E-state index in [-0.39, 0.29) is 17.7 Å². The molecule has 8 heteroatoms. The van der Waals surface area contributed by atoms with E-state index < -0.39 is 17.7 Å². The van der Waals surface area contributed by atoms with E-state index in [1.165, 1.54) is 36.6 Å². The third kappa shape index (κ3) is 4.44. The molecule has 3 amide bonds. The van der Waals surface area contributed by atoms with Crippen LogP contribution in [0.15, 0.2) is 47.1 Å². The van der Waals surface area contributed by atoms with Crippen molar-refractivity contribution in [2.24, 2.45) is 0 Å². The molecule has 3 N–H and O–H groups in total. The van der Waals surface area contributed by atoms with Gasteiger partial charge in [-0.25, -0.2) is 0 Å². The minimum Gasteiger partial charge on any atom is -0.459 e. The maximum absolute atomic E-state index is 11.9. The van der Waals surface area contributed by atoms with E-state index in [2.05, 4.69) is 16.2 Å². The molecule has 0 radical (unpaired) electrons. The zero-order valence-corrected chi connectivity index (χ0v) is 11.8. The van der Waals surface area contributed by atoms with Crippen LogP contribution < -0.4 is 16.2 Å². The van der Waals surface area contributed by atoms with Gasteiger partial charge in [0.05, 0.1) is 12.3 Å². The Morgan fingerprint density at radius 2 is 1.74 bits per heavy atom. The average Bonchev–Trinajstić information content (AvgIpc) is 3.07. The largest absolute Gasteiger partial charge is 0.459 e. The van der Waals surface area contributed by atoms with Gasteiger partial charge >= 0.3 is 5.91 Å². The first-order valence-electron chi connectivity index (χ1n) is 6.51. The molecule has 2 rings (SSSR count). The zero-order chi connectivity index (χ0) is 16.7. The fourth-order valence-electron chi connectivity index (χ4n) is 1.64. The summed E-state index contributed by atoms with van der Waals surface area (Å²) in [5, 5.41) is 10.9. The normalized spacial score (nSPS) is 9.52. The summed E-state index contributed by atoms with van der Waals surface area (Å²) in [5.41, 5.74) is 5.19. The Morgan fingerprint density at radius 1 is 1.04 bits per heavy atom. The molecule has 0 fully saturated rings. The summed E-state index contributed by atoms with van der Waals surface area (Å²) in [6.07, 6.45) is 1.09. The molecular weight excluding hydrogens is 300 g/mol. The number of furan rings is 1. The smallest absolute Gasteiger partial charge is 0.305 e. The molecule has 23 heavy (non-hydrogen) atoms. The average molecular weight is 312 g/mol. The van der Waals surface area contributed by atoms with Crippen LogP contribution >= 0.6 is 0 Å². The maximum Gasteiger partial charge on any atom is 0.305 e.